The molecule has 5 nitrogen and oxygen atoms in total. The van der Waals surface area contributed by atoms with Gasteiger partial charge in [0.2, 0.25) is 0 Å². The molecule has 108 valence electrons. The summed E-state index contributed by atoms with van der Waals surface area (Å²) in [6.07, 6.45) is 1.94. The summed E-state index contributed by atoms with van der Waals surface area (Å²) in [5, 5.41) is 12.1. The van der Waals surface area contributed by atoms with Crippen molar-refractivity contribution in [2.75, 3.05) is 13.2 Å². The Hall–Kier alpha value is -1.43. The Morgan fingerprint density at radius 1 is 1.40 bits per heavy atom. The molecule has 0 bridgehead atoms. The quantitative estimate of drug-likeness (QED) is 0.759. The smallest absolute Gasteiger partial charge is 0.0964 e. The summed E-state index contributed by atoms with van der Waals surface area (Å²) >= 11 is 5.91. The Kier molecular flexibility index (Phi) is 5.98. The van der Waals surface area contributed by atoms with E-state index in [4.69, 9.17) is 16.3 Å². The fourth-order valence-corrected chi connectivity index (χ4v) is 1.97. The Labute approximate surface area is 123 Å². The van der Waals surface area contributed by atoms with E-state index in [2.05, 4.69) is 22.6 Å². The number of ether oxygens (including phenoxy) is 1. The van der Waals surface area contributed by atoms with E-state index in [0.717, 1.165) is 29.4 Å². The van der Waals surface area contributed by atoms with Crippen LogP contribution in [-0.4, -0.2) is 28.1 Å². The second kappa shape index (κ2) is 7.99. The van der Waals surface area contributed by atoms with E-state index >= 15 is 0 Å². The summed E-state index contributed by atoms with van der Waals surface area (Å²) in [7, 11) is 0. The zero-order chi connectivity index (χ0) is 14.2. The van der Waals surface area contributed by atoms with Crippen LogP contribution >= 0.6 is 11.6 Å². The van der Waals surface area contributed by atoms with Crippen molar-refractivity contribution in [3.05, 3.63) is 46.7 Å². The summed E-state index contributed by atoms with van der Waals surface area (Å²) in [5.74, 6) is 0. The molecule has 0 radical (unpaired) electrons. The lowest BCUT2D eigenvalue weighted by atomic mass is 10.2. The zero-order valence-electron chi connectivity index (χ0n) is 11.6. The Balaban J connectivity index is 1.69. The first-order chi connectivity index (χ1) is 9.78. The molecule has 0 saturated heterocycles. The first kappa shape index (κ1) is 15.0. The number of rotatable bonds is 8. The van der Waals surface area contributed by atoms with E-state index < -0.39 is 0 Å². The van der Waals surface area contributed by atoms with Crippen LogP contribution in [0.3, 0.4) is 0 Å². The van der Waals surface area contributed by atoms with Gasteiger partial charge in [0.25, 0.3) is 0 Å². The average molecular weight is 295 g/mol. The summed E-state index contributed by atoms with van der Waals surface area (Å²) in [6.45, 7) is 5.58. The van der Waals surface area contributed by atoms with E-state index in [-0.39, 0.29) is 0 Å². The molecule has 2 aromatic rings. The van der Waals surface area contributed by atoms with Crippen molar-refractivity contribution in [1.82, 2.24) is 20.3 Å². The predicted octanol–water partition coefficient (Wildman–Crippen LogP) is 2.26. The van der Waals surface area contributed by atoms with Gasteiger partial charge in [-0.2, -0.15) is 0 Å². The lowest BCUT2D eigenvalue weighted by Gasteiger charge is -2.04. The first-order valence-corrected chi connectivity index (χ1v) is 7.07. The molecule has 0 unspecified atom stereocenters. The highest BCUT2D eigenvalue weighted by molar-refractivity contribution is 6.30. The molecule has 0 aliphatic carbocycles. The molecule has 1 N–H and O–H groups in total. The van der Waals surface area contributed by atoms with Gasteiger partial charge in [0.1, 0.15) is 0 Å². The highest BCUT2D eigenvalue weighted by atomic mass is 35.5. The molecule has 0 aliphatic rings. The molecular weight excluding hydrogens is 276 g/mol. The summed E-state index contributed by atoms with van der Waals surface area (Å²) in [6, 6.07) is 7.68. The molecule has 0 saturated carbocycles. The molecule has 6 heteroatoms. The average Bonchev–Trinajstić information content (AvgIpc) is 2.89. The molecule has 20 heavy (non-hydrogen) atoms. The third-order valence-corrected chi connectivity index (χ3v) is 3.00. The van der Waals surface area contributed by atoms with Gasteiger partial charge in [-0.3, -0.25) is 0 Å². The molecule has 1 heterocycles. The van der Waals surface area contributed by atoms with Gasteiger partial charge in [-0.25, -0.2) is 4.68 Å². The van der Waals surface area contributed by atoms with Crippen molar-refractivity contribution >= 4 is 11.6 Å². The van der Waals surface area contributed by atoms with E-state index in [1.807, 2.05) is 30.5 Å². The van der Waals surface area contributed by atoms with Crippen molar-refractivity contribution in [3.8, 4) is 0 Å². The van der Waals surface area contributed by atoms with Gasteiger partial charge >= 0.3 is 0 Å². The summed E-state index contributed by atoms with van der Waals surface area (Å²) in [5.41, 5.74) is 2.02. The van der Waals surface area contributed by atoms with Crippen LogP contribution in [0.15, 0.2) is 30.5 Å². The van der Waals surface area contributed by atoms with Crippen LogP contribution in [0.2, 0.25) is 5.02 Å². The molecule has 0 spiro atoms. The molecule has 0 aliphatic heterocycles. The van der Waals surface area contributed by atoms with Gasteiger partial charge in [-0.1, -0.05) is 35.9 Å². The highest BCUT2D eigenvalue weighted by Gasteiger charge is 2.00. The van der Waals surface area contributed by atoms with E-state index in [0.29, 0.717) is 19.8 Å². The SMILES string of the molecule is CCNCc1cn(CCOCc2cccc(Cl)c2)nn1. The van der Waals surface area contributed by atoms with Gasteiger partial charge in [0.05, 0.1) is 25.5 Å². The molecule has 0 atom stereocenters. The lowest BCUT2D eigenvalue weighted by Crippen LogP contribution is -2.11. The largest absolute Gasteiger partial charge is 0.375 e. The van der Waals surface area contributed by atoms with E-state index in [1.165, 1.54) is 0 Å². The minimum absolute atomic E-state index is 0.555. The number of nitrogens with zero attached hydrogens (tertiary/aromatic N) is 3. The van der Waals surface area contributed by atoms with Crippen molar-refractivity contribution in [3.63, 3.8) is 0 Å². The second-order valence-corrected chi connectivity index (χ2v) is 4.87. The summed E-state index contributed by atoms with van der Waals surface area (Å²) < 4.78 is 7.40. The highest BCUT2D eigenvalue weighted by Crippen LogP contribution is 2.11. The minimum Gasteiger partial charge on any atom is -0.375 e. The molecule has 1 aromatic carbocycles. The number of nitrogens with one attached hydrogen (secondary N) is 1. The number of aromatic nitrogens is 3. The Morgan fingerprint density at radius 3 is 3.10 bits per heavy atom. The van der Waals surface area contributed by atoms with E-state index in [1.54, 1.807) is 4.68 Å². The van der Waals surface area contributed by atoms with Crippen molar-refractivity contribution < 1.29 is 4.74 Å². The van der Waals surface area contributed by atoms with Crippen molar-refractivity contribution in [2.45, 2.75) is 26.6 Å². The normalized spacial score (nSPS) is 10.9. The van der Waals surface area contributed by atoms with Crippen molar-refractivity contribution in [1.29, 1.82) is 0 Å². The van der Waals surface area contributed by atoms with Crippen LogP contribution in [0, 0.1) is 0 Å². The van der Waals surface area contributed by atoms with Crippen LogP contribution < -0.4 is 5.32 Å². The van der Waals surface area contributed by atoms with Gasteiger partial charge in [-0.15, -0.1) is 5.10 Å². The molecule has 1 aromatic heterocycles. The van der Waals surface area contributed by atoms with Gasteiger partial charge in [0, 0.05) is 17.8 Å². The maximum atomic E-state index is 5.91. The lowest BCUT2D eigenvalue weighted by molar-refractivity contribution is 0.110. The fourth-order valence-electron chi connectivity index (χ4n) is 1.76. The van der Waals surface area contributed by atoms with E-state index in [9.17, 15) is 0 Å². The Bertz CT molecular complexity index is 529. The monoisotopic (exact) mass is 294 g/mol. The number of halogens is 1. The molecular formula is C14H19ClN4O. The maximum absolute atomic E-state index is 5.91. The molecule has 0 fully saturated rings. The number of hydrogen-bond donors (Lipinski definition) is 1. The third-order valence-electron chi connectivity index (χ3n) is 2.76. The fraction of sp³-hybridized carbons (Fsp3) is 0.429. The predicted molar refractivity (Wildman–Crippen MR) is 78.5 cm³/mol. The van der Waals surface area contributed by atoms with Crippen LogP contribution in [-0.2, 0) is 24.4 Å². The van der Waals surface area contributed by atoms with Gasteiger partial charge in [-0.05, 0) is 24.2 Å². The minimum atomic E-state index is 0.555. The van der Waals surface area contributed by atoms with Crippen LogP contribution in [0.1, 0.15) is 18.2 Å². The topological polar surface area (TPSA) is 52.0 Å². The van der Waals surface area contributed by atoms with Gasteiger partial charge < -0.3 is 10.1 Å². The number of hydrogen-bond acceptors (Lipinski definition) is 4. The maximum Gasteiger partial charge on any atom is 0.0964 e. The van der Waals surface area contributed by atoms with Crippen LogP contribution in [0.5, 0.6) is 0 Å². The first-order valence-electron chi connectivity index (χ1n) is 6.70. The standard InChI is InChI=1S/C14H19ClN4O/c1-2-16-9-14-10-19(18-17-14)6-7-20-11-12-4-3-5-13(15)8-12/h3-5,8,10,16H,2,6-7,9,11H2,1H3. The van der Waals surface area contributed by atoms with Crippen molar-refractivity contribution in [2.24, 2.45) is 0 Å². The zero-order valence-corrected chi connectivity index (χ0v) is 12.3. The second-order valence-electron chi connectivity index (χ2n) is 4.44. The third kappa shape index (κ3) is 4.92. The van der Waals surface area contributed by atoms with Crippen LogP contribution in [0.25, 0.3) is 0 Å². The van der Waals surface area contributed by atoms with Gasteiger partial charge in [0.15, 0.2) is 0 Å². The number of benzene rings is 1. The molecule has 0 amide bonds. The van der Waals surface area contributed by atoms with Crippen LogP contribution in [0.4, 0.5) is 0 Å². The molecule has 2 rings (SSSR count). The summed E-state index contributed by atoms with van der Waals surface area (Å²) in [4.78, 5) is 0. The Morgan fingerprint density at radius 2 is 2.30 bits per heavy atom.